The van der Waals surface area contributed by atoms with Crippen LogP contribution in [-0.2, 0) is 7.05 Å². The van der Waals surface area contributed by atoms with Crippen LogP contribution >= 0.6 is 22.9 Å². The van der Waals surface area contributed by atoms with Crippen molar-refractivity contribution < 1.29 is 5.11 Å². The van der Waals surface area contributed by atoms with Crippen LogP contribution in [0.4, 0.5) is 21.6 Å². The topological polar surface area (TPSA) is 100 Å². The number of phenols is 1. The van der Waals surface area contributed by atoms with Gasteiger partial charge in [0.05, 0.1) is 16.9 Å². The third-order valence-electron chi connectivity index (χ3n) is 3.87. The standard InChI is InChI=1S/C19H14ClN7OS/c1-27-16(9-10-21-27)24-25-18-17(12-5-3-2-4-6-12)22-19(29-18)26-23-13-7-8-15(28)14(20)11-13/h2-11,28H,1H3/b25-24+,26-23?. The van der Waals surface area contributed by atoms with Gasteiger partial charge >= 0.3 is 0 Å². The van der Waals surface area contributed by atoms with Crippen LogP contribution in [0.3, 0.4) is 0 Å². The van der Waals surface area contributed by atoms with Gasteiger partial charge in [0.2, 0.25) is 5.13 Å². The van der Waals surface area contributed by atoms with E-state index in [0.29, 0.717) is 27.3 Å². The van der Waals surface area contributed by atoms with E-state index in [0.717, 1.165) is 5.56 Å². The first-order valence-electron chi connectivity index (χ1n) is 8.46. The molecule has 8 nitrogen and oxygen atoms in total. The van der Waals surface area contributed by atoms with Crippen molar-refractivity contribution in [3.8, 4) is 17.0 Å². The van der Waals surface area contributed by atoms with E-state index < -0.39 is 0 Å². The normalized spacial score (nSPS) is 11.7. The van der Waals surface area contributed by atoms with Crippen LogP contribution < -0.4 is 0 Å². The Hall–Kier alpha value is -3.43. The van der Waals surface area contributed by atoms with E-state index >= 15 is 0 Å². The molecular weight excluding hydrogens is 410 g/mol. The third-order valence-corrected chi connectivity index (χ3v) is 4.99. The third kappa shape index (κ3) is 4.36. The highest BCUT2D eigenvalue weighted by Crippen LogP contribution is 2.40. The van der Waals surface area contributed by atoms with Crippen LogP contribution in [0.25, 0.3) is 11.3 Å². The SMILES string of the molecule is Cn1nccc1/N=N/c1sc(N=Nc2ccc(O)c(Cl)c2)nc1-c1ccccc1. The lowest BCUT2D eigenvalue weighted by molar-refractivity contribution is 0.475. The summed E-state index contributed by atoms with van der Waals surface area (Å²) in [7, 11) is 1.79. The van der Waals surface area contributed by atoms with Gasteiger partial charge in [0.25, 0.3) is 0 Å². The van der Waals surface area contributed by atoms with Crippen molar-refractivity contribution in [2.75, 3.05) is 0 Å². The van der Waals surface area contributed by atoms with Gasteiger partial charge in [-0.3, -0.25) is 0 Å². The lowest BCUT2D eigenvalue weighted by Crippen LogP contribution is -1.86. The largest absolute Gasteiger partial charge is 0.506 e. The minimum atomic E-state index is -0.0101. The molecule has 144 valence electrons. The summed E-state index contributed by atoms with van der Waals surface area (Å²) in [5.41, 5.74) is 2.07. The van der Waals surface area contributed by atoms with Crippen LogP contribution in [0.15, 0.2) is 81.3 Å². The van der Waals surface area contributed by atoms with Gasteiger partial charge in [0.1, 0.15) is 11.4 Å². The molecule has 4 aromatic rings. The number of aromatic nitrogens is 3. The molecule has 0 saturated heterocycles. The van der Waals surface area contributed by atoms with Gasteiger partial charge in [0, 0.05) is 18.7 Å². The maximum atomic E-state index is 9.51. The van der Waals surface area contributed by atoms with Gasteiger partial charge in [-0.05, 0) is 18.2 Å². The number of aryl methyl sites for hydroxylation is 1. The summed E-state index contributed by atoms with van der Waals surface area (Å²) < 4.78 is 1.63. The van der Waals surface area contributed by atoms with Crippen LogP contribution in [0.2, 0.25) is 5.02 Å². The average molecular weight is 424 g/mol. The van der Waals surface area contributed by atoms with Crippen LogP contribution in [0.1, 0.15) is 0 Å². The van der Waals surface area contributed by atoms with Gasteiger partial charge < -0.3 is 5.11 Å². The highest BCUT2D eigenvalue weighted by atomic mass is 35.5. The smallest absolute Gasteiger partial charge is 0.232 e. The Morgan fingerprint density at radius 1 is 1.00 bits per heavy atom. The quantitative estimate of drug-likeness (QED) is 0.360. The number of rotatable bonds is 5. The molecule has 0 fully saturated rings. The van der Waals surface area contributed by atoms with Gasteiger partial charge in [0.15, 0.2) is 10.8 Å². The first-order valence-corrected chi connectivity index (χ1v) is 9.66. The fourth-order valence-electron chi connectivity index (χ4n) is 2.42. The van der Waals surface area contributed by atoms with E-state index in [1.807, 2.05) is 30.3 Å². The number of aromatic hydroxyl groups is 1. The first-order chi connectivity index (χ1) is 14.1. The van der Waals surface area contributed by atoms with E-state index in [1.54, 1.807) is 30.1 Å². The Labute approximate surface area is 174 Å². The monoisotopic (exact) mass is 423 g/mol. The Morgan fingerprint density at radius 2 is 1.83 bits per heavy atom. The van der Waals surface area contributed by atoms with Crippen molar-refractivity contribution in [2.24, 2.45) is 27.5 Å². The summed E-state index contributed by atoms with van der Waals surface area (Å²) in [6, 6.07) is 16.0. The highest BCUT2D eigenvalue weighted by Gasteiger charge is 2.13. The molecule has 4 rings (SSSR count). The summed E-state index contributed by atoms with van der Waals surface area (Å²) in [6.45, 7) is 0. The number of azo groups is 2. The molecule has 29 heavy (non-hydrogen) atoms. The van der Waals surface area contributed by atoms with Crippen LogP contribution in [0, 0.1) is 0 Å². The highest BCUT2D eigenvalue weighted by molar-refractivity contribution is 7.19. The summed E-state index contributed by atoms with van der Waals surface area (Å²) in [6.07, 6.45) is 1.65. The van der Waals surface area contributed by atoms with Gasteiger partial charge in [-0.2, -0.15) is 5.10 Å². The molecule has 2 heterocycles. The maximum Gasteiger partial charge on any atom is 0.232 e. The molecule has 2 aromatic heterocycles. The Kier molecular flexibility index (Phi) is 5.41. The molecule has 0 unspecified atom stereocenters. The zero-order valence-corrected chi connectivity index (χ0v) is 16.7. The number of nitrogens with zero attached hydrogens (tertiary/aromatic N) is 7. The predicted molar refractivity (Wildman–Crippen MR) is 112 cm³/mol. The first kappa shape index (κ1) is 18.9. The molecule has 0 aliphatic rings. The predicted octanol–water partition coefficient (Wildman–Crippen LogP) is 6.73. The van der Waals surface area contributed by atoms with Gasteiger partial charge in [-0.15, -0.1) is 20.5 Å². The van der Waals surface area contributed by atoms with Crippen molar-refractivity contribution in [2.45, 2.75) is 0 Å². The number of phenolic OH excluding ortho intramolecular Hbond substituents is 1. The Bertz CT molecular complexity index is 1200. The van der Waals surface area contributed by atoms with E-state index in [1.165, 1.54) is 23.5 Å². The molecule has 10 heteroatoms. The van der Waals surface area contributed by atoms with Crippen LogP contribution in [-0.4, -0.2) is 19.9 Å². The van der Waals surface area contributed by atoms with Crippen molar-refractivity contribution in [1.29, 1.82) is 0 Å². The molecule has 0 radical (unpaired) electrons. The second-order valence-corrected chi connectivity index (χ2v) is 7.23. The Morgan fingerprint density at radius 3 is 2.55 bits per heavy atom. The summed E-state index contributed by atoms with van der Waals surface area (Å²) in [5, 5.41) is 31.8. The average Bonchev–Trinajstić information content (AvgIpc) is 3.33. The number of thiazole rings is 1. The second-order valence-electron chi connectivity index (χ2n) is 5.86. The maximum absolute atomic E-state index is 9.51. The van der Waals surface area contributed by atoms with Crippen molar-refractivity contribution in [3.05, 3.63) is 65.8 Å². The summed E-state index contributed by atoms with van der Waals surface area (Å²) in [5.74, 6) is 0.614. The van der Waals surface area contributed by atoms with E-state index in [-0.39, 0.29) is 10.8 Å². The molecule has 0 amide bonds. The number of benzene rings is 2. The van der Waals surface area contributed by atoms with Gasteiger partial charge in [-0.25, -0.2) is 9.67 Å². The number of halogens is 1. The number of hydrogen-bond donors (Lipinski definition) is 1. The Balaban J connectivity index is 1.69. The van der Waals surface area contributed by atoms with Gasteiger partial charge in [-0.1, -0.05) is 53.3 Å². The van der Waals surface area contributed by atoms with E-state index in [9.17, 15) is 5.11 Å². The molecule has 0 aliphatic carbocycles. The minimum absolute atomic E-state index is 0.0101. The summed E-state index contributed by atoms with van der Waals surface area (Å²) in [4.78, 5) is 4.56. The van der Waals surface area contributed by atoms with Crippen LogP contribution in [0.5, 0.6) is 5.75 Å². The second kappa shape index (κ2) is 8.29. The molecule has 0 saturated carbocycles. The van der Waals surface area contributed by atoms with E-state index in [4.69, 9.17) is 11.6 Å². The molecule has 1 N–H and O–H groups in total. The van der Waals surface area contributed by atoms with E-state index in [2.05, 4.69) is 30.5 Å². The molecule has 0 spiro atoms. The molecule has 0 bridgehead atoms. The number of hydrogen-bond acceptors (Lipinski definition) is 8. The minimum Gasteiger partial charge on any atom is -0.506 e. The lowest BCUT2D eigenvalue weighted by atomic mass is 10.2. The molecule has 0 atom stereocenters. The van der Waals surface area contributed by atoms with Crippen molar-refractivity contribution in [1.82, 2.24) is 14.8 Å². The fraction of sp³-hybridized carbons (Fsp3) is 0.0526. The van der Waals surface area contributed by atoms with Crippen molar-refractivity contribution >= 4 is 44.6 Å². The zero-order valence-electron chi connectivity index (χ0n) is 15.1. The van der Waals surface area contributed by atoms with Crippen molar-refractivity contribution in [3.63, 3.8) is 0 Å². The molecule has 2 aromatic carbocycles. The fourth-order valence-corrected chi connectivity index (χ4v) is 3.32. The molecular formula is C19H14ClN7OS. The zero-order chi connectivity index (χ0) is 20.2. The lowest BCUT2D eigenvalue weighted by Gasteiger charge is -1.97. The molecule has 0 aliphatic heterocycles. The summed E-state index contributed by atoms with van der Waals surface area (Å²) >= 11 is 7.17.